The van der Waals surface area contributed by atoms with E-state index in [1.807, 2.05) is 12.1 Å². The zero-order chi connectivity index (χ0) is 30.5. The van der Waals surface area contributed by atoms with Crippen LogP contribution in [0, 0.1) is 0 Å². The van der Waals surface area contributed by atoms with E-state index in [4.69, 9.17) is 4.98 Å². The summed E-state index contributed by atoms with van der Waals surface area (Å²) in [7, 11) is 0. The smallest absolute Gasteiger partial charge is 0.0730 e. The van der Waals surface area contributed by atoms with Crippen LogP contribution in [0.4, 0.5) is 0 Å². The first-order chi connectivity index (χ1) is 22.8. The summed E-state index contributed by atoms with van der Waals surface area (Å²) in [4.78, 5) is 5.15. The molecule has 0 radical (unpaired) electrons. The average molecular weight is 588 g/mol. The van der Waals surface area contributed by atoms with Crippen LogP contribution in [-0.4, -0.2) is 14.1 Å². The molecule has 0 spiro atoms. The Morgan fingerprint density at radius 2 is 0.804 bits per heavy atom. The lowest BCUT2D eigenvalue weighted by Crippen LogP contribution is -1.98. The van der Waals surface area contributed by atoms with Crippen LogP contribution in [-0.2, 0) is 0 Å². The second-order valence-electron chi connectivity index (χ2n) is 11.7. The van der Waals surface area contributed by atoms with Gasteiger partial charge in [-0.25, -0.2) is 4.98 Å². The second kappa shape index (κ2) is 10.8. The number of para-hydroxylation sites is 1. The maximum absolute atomic E-state index is 5.15. The van der Waals surface area contributed by atoms with Gasteiger partial charge in [-0.2, -0.15) is 0 Å². The molecular formula is C43H29N3. The summed E-state index contributed by atoms with van der Waals surface area (Å²) in [6.07, 6.45) is 4.43. The average Bonchev–Trinajstić information content (AvgIpc) is 3.79. The molecule has 3 heterocycles. The lowest BCUT2D eigenvalue weighted by molar-refractivity contribution is 1.12. The van der Waals surface area contributed by atoms with Crippen LogP contribution in [0.25, 0.3) is 77.6 Å². The molecule has 3 aromatic heterocycles. The van der Waals surface area contributed by atoms with Crippen LogP contribution in [0.15, 0.2) is 176 Å². The third-order valence-electron chi connectivity index (χ3n) is 8.96. The van der Waals surface area contributed by atoms with Gasteiger partial charge in [0.25, 0.3) is 0 Å². The summed E-state index contributed by atoms with van der Waals surface area (Å²) >= 11 is 0. The van der Waals surface area contributed by atoms with Crippen molar-refractivity contribution in [3.63, 3.8) is 0 Å². The molecule has 216 valence electrons. The third kappa shape index (κ3) is 4.33. The maximum Gasteiger partial charge on any atom is 0.0730 e. The van der Waals surface area contributed by atoms with Crippen LogP contribution in [0.2, 0.25) is 0 Å². The Morgan fingerprint density at radius 3 is 1.39 bits per heavy atom. The molecule has 0 amide bonds. The molecule has 0 fully saturated rings. The van der Waals surface area contributed by atoms with E-state index < -0.39 is 0 Å². The van der Waals surface area contributed by atoms with Crippen molar-refractivity contribution < 1.29 is 0 Å². The minimum Gasteiger partial charge on any atom is -0.316 e. The maximum atomic E-state index is 5.15. The van der Waals surface area contributed by atoms with Crippen LogP contribution >= 0.6 is 0 Å². The monoisotopic (exact) mass is 587 g/mol. The normalized spacial score (nSPS) is 11.5. The third-order valence-corrected chi connectivity index (χ3v) is 8.96. The molecule has 0 N–H and O–H groups in total. The van der Waals surface area contributed by atoms with Gasteiger partial charge < -0.3 is 9.13 Å². The summed E-state index contributed by atoms with van der Waals surface area (Å²) in [5.41, 5.74) is 11.1. The van der Waals surface area contributed by atoms with Gasteiger partial charge in [-0.1, -0.05) is 121 Å². The van der Waals surface area contributed by atoms with E-state index in [9.17, 15) is 0 Å². The number of rotatable bonds is 5. The number of pyridine rings is 1. The Bertz CT molecular complexity index is 2430. The molecule has 0 aliphatic rings. The SMILES string of the molecule is c1ccc(-c2ccc3c(c2)c2ccn(-c4cc(-c5ccccc5)nc(-c5ccccc5)c4)c2c2ccn(-c4ccccc4)c32)cc1. The number of nitrogens with zero attached hydrogens (tertiary/aromatic N) is 3. The Morgan fingerprint density at radius 1 is 0.326 bits per heavy atom. The lowest BCUT2D eigenvalue weighted by atomic mass is 9.97. The molecule has 6 aromatic carbocycles. The van der Waals surface area contributed by atoms with Gasteiger partial charge in [0.1, 0.15) is 0 Å². The summed E-state index contributed by atoms with van der Waals surface area (Å²) in [6.45, 7) is 0. The summed E-state index contributed by atoms with van der Waals surface area (Å²) in [6, 6.07) is 58.1. The Kier molecular flexibility index (Phi) is 6.14. The lowest BCUT2D eigenvalue weighted by Gasteiger charge is -2.15. The van der Waals surface area contributed by atoms with Crippen molar-refractivity contribution in [1.29, 1.82) is 0 Å². The number of benzene rings is 6. The quantitative estimate of drug-likeness (QED) is 0.196. The predicted octanol–water partition coefficient (Wildman–Crippen LogP) is 11.1. The van der Waals surface area contributed by atoms with Crippen molar-refractivity contribution in [1.82, 2.24) is 14.1 Å². The van der Waals surface area contributed by atoms with E-state index in [0.29, 0.717) is 0 Å². The van der Waals surface area contributed by atoms with Gasteiger partial charge in [-0.3, -0.25) is 0 Å². The zero-order valence-electron chi connectivity index (χ0n) is 25.1. The largest absolute Gasteiger partial charge is 0.316 e. The minimum atomic E-state index is 0.948. The van der Waals surface area contributed by atoms with Crippen molar-refractivity contribution in [2.24, 2.45) is 0 Å². The standard InChI is InChI=1S/C43H29N3/c1-5-13-30(14-6-1)33-21-22-36-39(27-33)37-23-25-46(43(37)38-24-26-45(42(36)38)34-19-11-4-12-20-34)35-28-40(31-15-7-2-8-16-31)44-41(29-35)32-17-9-3-10-18-32/h1-29H. The fourth-order valence-corrected chi connectivity index (χ4v) is 6.79. The van der Waals surface area contributed by atoms with E-state index >= 15 is 0 Å². The van der Waals surface area contributed by atoms with Crippen molar-refractivity contribution in [3.05, 3.63) is 176 Å². The molecular weight excluding hydrogens is 558 g/mol. The predicted molar refractivity (Wildman–Crippen MR) is 192 cm³/mol. The molecule has 9 aromatic rings. The van der Waals surface area contributed by atoms with Gasteiger partial charge in [-0.15, -0.1) is 0 Å². The second-order valence-corrected chi connectivity index (χ2v) is 11.7. The fourth-order valence-electron chi connectivity index (χ4n) is 6.79. The first-order valence-corrected chi connectivity index (χ1v) is 15.6. The van der Waals surface area contributed by atoms with Crippen molar-refractivity contribution in [2.45, 2.75) is 0 Å². The van der Waals surface area contributed by atoms with Crippen LogP contribution in [0.5, 0.6) is 0 Å². The van der Waals surface area contributed by atoms with E-state index in [0.717, 1.165) is 33.9 Å². The first kappa shape index (κ1) is 26.2. The van der Waals surface area contributed by atoms with Crippen LogP contribution in [0.3, 0.4) is 0 Å². The number of fused-ring (bicyclic) bond motifs is 6. The van der Waals surface area contributed by atoms with Crippen molar-refractivity contribution >= 4 is 32.6 Å². The highest BCUT2D eigenvalue weighted by atomic mass is 15.0. The fraction of sp³-hybridized carbons (Fsp3) is 0. The van der Waals surface area contributed by atoms with E-state index in [1.54, 1.807) is 0 Å². The molecule has 3 heteroatoms. The topological polar surface area (TPSA) is 22.8 Å². The molecule has 0 aliphatic heterocycles. The van der Waals surface area contributed by atoms with E-state index in [1.165, 1.54) is 43.7 Å². The summed E-state index contributed by atoms with van der Waals surface area (Å²) in [5, 5.41) is 4.91. The van der Waals surface area contributed by atoms with Crippen molar-refractivity contribution in [2.75, 3.05) is 0 Å². The zero-order valence-corrected chi connectivity index (χ0v) is 25.1. The van der Waals surface area contributed by atoms with Gasteiger partial charge in [0, 0.05) is 51.1 Å². The number of hydrogen-bond donors (Lipinski definition) is 0. The summed E-state index contributed by atoms with van der Waals surface area (Å²) in [5.74, 6) is 0. The molecule has 46 heavy (non-hydrogen) atoms. The first-order valence-electron chi connectivity index (χ1n) is 15.6. The van der Waals surface area contributed by atoms with Gasteiger partial charge in [0.05, 0.1) is 22.4 Å². The Labute approximate surface area is 267 Å². The molecule has 9 rings (SSSR count). The minimum absolute atomic E-state index is 0.948. The molecule has 0 bridgehead atoms. The van der Waals surface area contributed by atoms with Gasteiger partial charge in [0.15, 0.2) is 0 Å². The highest BCUT2D eigenvalue weighted by Gasteiger charge is 2.19. The van der Waals surface area contributed by atoms with E-state index in [-0.39, 0.29) is 0 Å². The highest BCUT2D eigenvalue weighted by Crippen LogP contribution is 2.41. The van der Waals surface area contributed by atoms with Crippen molar-refractivity contribution in [3.8, 4) is 45.0 Å². The molecule has 0 saturated carbocycles. The molecule has 0 saturated heterocycles. The number of aromatic nitrogens is 3. The van der Waals surface area contributed by atoms with Gasteiger partial charge >= 0.3 is 0 Å². The molecule has 0 atom stereocenters. The van der Waals surface area contributed by atoms with E-state index in [2.05, 4.69) is 173 Å². The molecule has 0 unspecified atom stereocenters. The van der Waals surface area contributed by atoms with Crippen LogP contribution < -0.4 is 0 Å². The van der Waals surface area contributed by atoms with Gasteiger partial charge in [0.2, 0.25) is 0 Å². The number of hydrogen-bond acceptors (Lipinski definition) is 1. The van der Waals surface area contributed by atoms with Crippen LogP contribution in [0.1, 0.15) is 0 Å². The molecule has 3 nitrogen and oxygen atoms in total. The van der Waals surface area contributed by atoms with Gasteiger partial charge in [-0.05, 0) is 59.0 Å². The Hall–Kier alpha value is -6.19. The summed E-state index contributed by atoms with van der Waals surface area (Å²) < 4.78 is 4.68. The highest BCUT2D eigenvalue weighted by molar-refractivity contribution is 6.25. The Balaban J connectivity index is 1.37. The molecule has 0 aliphatic carbocycles.